The van der Waals surface area contributed by atoms with Crippen molar-refractivity contribution in [2.45, 2.75) is 13.1 Å². The van der Waals surface area contributed by atoms with Crippen LogP contribution in [0.1, 0.15) is 11.1 Å². The van der Waals surface area contributed by atoms with E-state index in [1.54, 1.807) is 0 Å². The van der Waals surface area contributed by atoms with E-state index in [0.717, 1.165) is 27.2 Å². The molecule has 0 bridgehead atoms. The molecule has 2 aromatic carbocycles. The molecule has 4 heteroatoms. The van der Waals surface area contributed by atoms with E-state index in [1.807, 2.05) is 18.2 Å². The monoisotopic (exact) mass is 348 g/mol. The summed E-state index contributed by atoms with van der Waals surface area (Å²) >= 11 is 9.72. The SMILES string of the molecule is NCc1ccc2ccn(Cc3ccc(Br)cc3Cl)c2c1. The summed E-state index contributed by atoms with van der Waals surface area (Å²) in [6.45, 7) is 1.31. The maximum atomic E-state index is 6.29. The van der Waals surface area contributed by atoms with Gasteiger partial charge in [-0.05, 0) is 40.8 Å². The maximum Gasteiger partial charge on any atom is 0.0490 e. The smallest absolute Gasteiger partial charge is 0.0490 e. The quantitative estimate of drug-likeness (QED) is 0.738. The predicted octanol–water partition coefficient (Wildman–Crippen LogP) is 4.56. The molecule has 0 atom stereocenters. The zero-order valence-corrected chi connectivity index (χ0v) is 13.2. The van der Waals surface area contributed by atoms with Gasteiger partial charge in [0.2, 0.25) is 0 Å². The van der Waals surface area contributed by atoms with Crippen molar-refractivity contribution in [3.8, 4) is 0 Å². The Hall–Kier alpha value is -1.29. The third kappa shape index (κ3) is 2.62. The van der Waals surface area contributed by atoms with Crippen molar-refractivity contribution in [1.29, 1.82) is 0 Å². The summed E-state index contributed by atoms with van der Waals surface area (Å²) in [5.41, 5.74) is 9.15. The number of nitrogens with zero attached hydrogens (tertiary/aromatic N) is 1. The van der Waals surface area contributed by atoms with Crippen molar-refractivity contribution < 1.29 is 0 Å². The van der Waals surface area contributed by atoms with E-state index in [2.05, 4.69) is 51.0 Å². The van der Waals surface area contributed by atoms with Gasteiger partial charge in [0.05, 0.1) is 0 Å². The number of nitrogens with two attached hydrogens (primary N) is 1. The van der Waals surface area contributed by atoms with Crippen molar-refractivity contribution in [3.05, 3.63) is 69.3 Å². The molecule has 0 saturated heterocycles. The second kappa shape index (κ2) is 5.60. The number of hydrogen-bond donors (Lipinski definition) is 1. The van der Waals surface area contributed by atoms with E-state index in [1.165, 1.54) is 10.9 Å². The standard InChI is InChI=1S/C16H14BrClN2/c17-14-4-3-13(15(18)8-14)10-20-6-5-12-2-1-11(9-19)7-16(12)20/h1-8H,9-10,19H2. The lowest BCUT2D eigenvalue weighted by Crippen LogP contribution is -2.00. The van der Waals surface area contributed by atoms with Gasteiger partial charge in [-0.25, -0.2) is 0 Å². The summed E-state index contributed by atoms with van der Waals surface area (Å²) in [4.78, 5) is 0. The summed E-state index contributed by atoms with van der Waals surface area (Å²) in [5.74, 6) is 0. The molecule has 102 valence electrons. The zero-order valence-electron chi connectivity index (χ0n) is 10.8. The van der Waals surface area contributed by atoms with Gasteiger partial charge in [-0.2, -0.15) is 0 Å². The van der Waals surface area contributed by atoms with Crippen LogP contribution >= 0.6 is 27.5 Å². The molecule has 1 aromatic heterocycles. The molecule has 1 heterocycles. The van der Waals surface area contributed by atoms with Gasteiger partial charge in [0.1, 0.15) is 0 Å². The Morgan fingerprint density at radius 3 is 2.70 bits per heavy atom. The lowest BCUT2D eigenvalue weighted by atomic mass is 10.1. The third-order valence-corrected chi connectivity index (χ3v) is 4.27. The van der Waals surface area contributed by atoms with E-state index in [0.29, 0.717) is 6.54 Å². The van der Waals surface area contributed by atoms with Gasteiger partial charge in [0.15, 0.2) is 0 Å². The van der Waals surface area contributed by atoms with E-state index in [-0.39, 0.29) is 0 Å². The van der Waals surface area contributed by atoms with Gasteiger partial charge in [0, 0.05) is 34.3 Å². The predicted molar refractivity (Wildman–Crippen MR) is 88.1 cm³/mol. The number of aromatic nitrogens is 1. The average Bonchev–Trinajstić information content (AvgIpc) is 2.84. The Morgan fingerprint density at radius 1 is 1.10 bits per heavy atom. The lowest BCUT2D eigenvalue weighted by Gasteiger charge is -2.09. The molecular weight excluding hydrogens is 336 g/mol. The van der Waals surface area contributed by atoms with Gasteiger partial charge in [-0.1, -0.05) is 45.7 Å². The maximum absolute atomic E-state index is 6.29. The highest BCUT2D eigenvalue weighted by atomic mass is 79.9. The van der Waals surface area contributed by atoms with Gasteiger partial charge >= 0.3 is 0 Å². The highest BCUT2D eigenvalue weighted by Crippen LogP contribution is 2.24. The number of rotatable bonds is 3. The molecule has 3 rings (SSSR count). The van der Waals surface area contributed by atoms with Crippen LogP contribution in [0.25, 0.3) is 10.9 Å². The van der Waals surface area contributed by atoms with E-state index >= 15 is 0 Å². The average molecular weight is 350 g/mol. The second-order valence-electron chi connectivity index (χ2n) is 4.78. The number of fused-ring (bicyclic) bond motifs is 1. The molecule has 2 N–H and O–H groups in total. The first-order valence-corrected chi connectivity index (χ1v) is 7.56. The minimum atomic E-state index is 0.556. The Kier molecular flexibility index (Phi) is 3.83. The molecule has 0 radical (unpaired) electrons. The summed E-state index contributed by atoms with van der Waals surface area (Å²) in [6.07, 6.45) is 2.09. The van der Waals surface area contributed by atoms with Crippen LogP contribution in [0.2, 0.25) is 5.02 Å². The lowest BCUT2D eigenvalue weighted by molar-refractivity contribution is 0.836. The van der Waals surface area contributed by atoms with Crippen molar-refractivity contribution >= 4 is 38.4 Å². The zero-order chi connectivity index (χ0) is 14.1. The molecular formula is C16H14BrClN2. The van der Waals surface area contributed by atoms with Crippen LogP contribution in [0.15, 0.2) is 53.1 Å². The molecule has 0 unspecified atom stereocenters. The van der Waals surface area contributed by atoms with E-state index in [9.17, 15) is 0 Å². The Bertz CT molecular complexity index is 764. The molecule has 0 aliphatic carbocycles. The minimum Gasteiger partial charge on any atom is -0.343 e. The van der Waals surface area contributed by atoms with Crippen molar-refractivity contribution in [3.63, 3.8) is 0 Å². The highest BCUT2D eigenvalue weighted by Gasteiger charge is 2.06. The fourth-order valence-electron chi connectivity index (χ4n) is 2.33. The van der Waals surface area contributed by atoms with E-state index in [4.69, 9.17) is 17.3 Å². The third-order valence-electron chi connectivity index (χ3n) is 3.43. The molecule has 0 amide bonds. The summed E-state index contributed by atoms with van der Waals surface area (Å²) in [6, 6.07) is 14.4. The first kappa shape index (κ1) is 13.7. The van der Waals surface area contributed by atoms with Crippen LogP contribution < -0.4 is 5.73 Å². The molecule has 0 aliphatic heterocycles. The summed E-state index contributed by atoms with van der Waals surface area (Å²) in [5, 5.41) is 1.99. The van der Waals surface area contributed by atoms with Crippen LogP contribution in [0, 0.1) is 0 Å². The first-order chi connectivity index (χ1) is 9.67. The largest absolute Gasteiger partial charge is 0.343 e. The van der Waals surface area contributed by atoms with Crippen molar-refractivity contribution in [2.24, 2.45) is 5.73 Å². The van der Waals surface area contributed by atoms with Crippen LogP contribution in [0.3, 0.4) is 0 Å². The molecule has 20 heavy (non-hydrogen) atoms. The number of hydrogen-bond acceptors (Lipinski definition) is 1. The van der Waals surface area contributed by atoms with E-state index < -0.39 is 0 Å². The normalized spacial score (nSPS) is 11.2. The topological polar surface area (TPSA) is 30.9 Å². The van der Waals surface area contributed by atoms with Crippen molar-refractivity contribution in [1.82, 2.24) is 4.57 Å². The highest BCUT2D eigenvalue weighted by molar-refractivity contribution is 9.10. The number of halogens is 2. The Labute approximate surface area is 131 Å². The summed E-state index contributed by atoms with van der Waals surface area (Å²) in [7, 11) is 0. The Morgan fingerprint density at radius 2 is 1.95 bits per heavy atom. The number of benzene rings is 2. The van der Waals surface area contributed by atoms with Gasteiger partial charge in [-0.3, -0.25) is 0 Å². The van der Waals surface area contributed by atoms with Crippen LogP contribution in [0.5, 0.6) is 0 Å². The van der Waals surface area contributed by atoms with Crippen molar-refractivity contribution in [2.75, 3.05) is 0 Å². The summed E-state index contributed by atoms with van der Waals surface area (Å²) < 4.78 is 3.19. The van der Waals surface area contributed by atoms with Crippen LogP contribution in [-0.2, 0) is 13.1 Å². The first-order valence-electron chi connectivity index (χ1n) is 6.39. The molecule has 0 saturated carbocycles. The van der Waals surface area contributed by atoms with Crippen LogP contribution in [-0.4, -0.2) is 4.57 Å². The van der Waals surface area contributed by atoms with Crippen LogP contribution in [0.4, 0.5) is 0 Å². The molecule has 0 fully saturated rings. The van der Waals surface area contributed by atoms with Gasteiger partial charge in [-0.15, -0.1) is 0 Å². The molecule has 3 aromatic rings. The Balaban J connectivity index is 2.01. The molecule has 0 aliphatic rings. The fourth-order valence-corrected chi connectivity index (χ4v) is 3.06. The second-order valence-corrected chi connectivity index (χ2v) is 6.10. The molecule has 2 nitrogen and oxygen atoms in total. The fraction of sp³-hybridized carbons (Fsp3) is 0.125. The van der Waals surface area contributed by atoms with Gasteiger partial charge in [0.25, 0.3) is 0 Å². The minimum absolute atomic E-state index is 0.556. The van der Waals surface area contributed by atoms with Gasteiger partial charge < -0.3 is 10.3 Å². The molecule has 0 spiro atoms.